The summed E-state index contributed by atoms with van der Waals surface area (Å²) in [5.74, 6) is -0.830. The Morgan fingerprint density at radius 2 is 1.81 bits per heavy atom. The predicted octanol–water partition coefficient (Wildman–Crippen LogP) is 5.43. The number of carbonyl (C=O) groups is 1. The molecular formula is C23H19F3N4O2. The fourth-order valence-corrected chi connectivity index (χ4v) is 3.48. The second kappa shape index (κ2) is 8.70. The number of halogens is 3. The Balaban J connectivity index is 1.63. The van der Waals surface area contributed by atoms with Crippen LogP contribution in [0.1, 0.15) is 24.8 Å². The fourth-order valence-electron chi connectivity index (χ4n) is 3.48. The van der Waals surface area contributed by atoms with Crippen LogP contribution in [0.3, 0.4) is 0 Å². The van der Waals surface area contributed by atoms with Gasteiger partial charge in [-0.05, 0) is 36.2 Å². The molecule has 0 saturated heterocycles. The second-order valence-electron chi connectivity index (χ2n) is 7.05. The van der Waals surface area contributed by atoms with Gasteiger partial charge in [-0.1, -0.05) is 55.5 Å². The van der Waals surface area contributed by atoms with E-state index >= 15 is 0 Å². The number of aromatic nitrogens is 3. The maximum absolute atomic E-state index is 12.8. The van der Waals surface area contributed by atoms with Crippen LogP contribution in [0.4, 0.5) is 19.1 Å². The van der Waals surface area contributed by atoms with Gasteiger partial charge in [-0.25, -0.2) is 4.52 Å². The van der Waals surface area contributed by atoms with Crippen LogP contribution in [0.15, 0.2) is 72.8 Å². The van der Waals surface area contributed by atoms with Crippen molar-refractivity contribution in [2.75, 3.05) is 5.32 Å². The number of hydrogen-bond donors (Lipinski definition) is 1. The molecule has 1 amide bonds. The quantitative estimate of drug-likeness (QED) is 0.434. The van der Waals surface area contributed by atoms with Crippen molar-refractivity contribution in [2.45, 2.75) is 25.6 Å². The van der Waals surface area contributed by atoms with Crippen molar-refractivity contribution in [3.8, 4) is 17.0 Å². The third-order valence-corrected chi connectivity index (χ3v) is 4.88. The van der Waals surface area contributed by atoms with Crippen LogP contribution >= 0.6 is 0 Å². The van der Waals surface area contributed by atoms with Crippen molar-refractivity contribution in [1.82, 2.24) is 14.6 Å². The number of pyridine rings is 1. The number of hydrogen-bond acceptors (Lipinski definition) is 4. The Kier molecular flexibility index (Phi) is 5.81. The Hall–Kier alpha value is -3.88. The van der Waals surface area contributed by atoms with E-state index < -0.39 is 6.36 Å². The molecule has 2 heterocycles. The number of nitrogens with zero attached hydrogens (tertiary/aromatic N) is 3. The number of anilines is 1. The number of alkyl halides is 3. The number of amides is 1. The van der Waals surface area contributed by atoms with Crippen LogP contribution in [0.25, 0.3) is 16.9 Å². The Morgan fingerprint density at radius 1 is 1.06 bits per heavy atom. The highest BCUT2D eigenvalue weighted by atomic mass is 19.4. The molecule has 0 bridgehead atoms. The molecule has 1 atom stereocenters. The van der Waals surface area contributed by atoms with Gasteiger partial charge in [0.25, 0.3) is 0 Å². The number of nitrogens with one attached hydrogen (secondary N) is 1. The SMILES string of the molecule is CCC(C(=O)Nc1nc2cccc(-c3cccc(OC(F)(F)F)c3)n2n1)c1ccccc1. The molecular weight excluding hydrogens is 421 g/mol. The number of benzene rings is 2. The maximum Gasteiger partial charge on any atom is 0.573 e. The smallest absolute Gasteiger partial charge is 0.406 e. The summed E-state index contributed by atoms with van der Waals surface area (Å²) in [5.41, 5.74) is 2.28. The normalized spacial score (nSPS) is 12.5. The monoisotopic (exact) mass is 440 g/mol. The molecule has 0 fully saturated rings. The first-order chi connectivity index (χ1) is 15.3. The van der Waals surface area contributed by atoms with E-state index in [2.05, 4.69) is 20.1 Å². The number of fused-ring (bicyclic) bond motifs is 1. The highest BCUT2D eigenvalue weighted by Crippen LogP contribution is 2.28. The zero-order valence-corrected chi connectivity index (χ0v) is 17.0. The molecule has 0 aliphatic rings. The highest BCUT2D eigenvalue weighted by Gasteiger charge is 2.31. The molecule has 4 rings (SSSR count). The first-order valence-corrected chi connectivity index (χ1v) is 9.92. The lowest BCUT2D eigenvalue weighted by molar-refractivity contribution is -0.274. The van der Waals surface area contributed by atoms with Gasteiger partial charge in [0.2, 0.25) is 11.9 Å². The molecule has 1 unspecified atom stereocenters. The van der Waals surface area contributed by atoms with Crippen LogP contribution in [-0.4, -0.2) is 26.9 Å². The topological polar surface area (TPSA) is 68.5 Å². The van der Waals surface area contributed by atoms with Gasteiger partial charge in [0.1, 0.15) is 5.75 Å². The van der Waals surface area contributed by atoms with Gasteiger partial charge >= 0.3 is 6.36 Å². The van der Waals surface area contributed by atoms with Gasteiger partial charge in [0.15, 0.2) is 5.65 Å². The molecule has 0 radical (unpaired) electrons. The molecule has 4 aromatic rings. The molecule has 164 valence electrons. The minimum atomic E-state index is -4.79. The van der Waals surface area contributed by atoms with Crippen LogP contribution < -0.4 is 10.1 Å². The molecule has 9 heteroatoms. The highest BCUT2D eigenvalue weighted by molar-refractivity contribution is 5.94. The van der Waals surface area contributed by atoms with Crippen LogP contribution in [0.2, 0.25) is 0 Å². The lowest BCUT2D eigenvalue weighted by atomic mass is 9.96. The number of carbonyl (C=O) groups excluding carboxylic acids is 1. The molecule has 32 heavy (non-hydrogen) atoms. The van der Waals surface area contributed by atoms with Gasteiger partial charge in [-0.15, -0.1) is 18.3 Å². The van der Waals surface area contributed by atoms with E-state index in [1.54, 1.807) is 24.3 Å². The first kappa shape index (κ1) is 21.4. The summed E-state index contributed by atoms with van der Waals surface area (Å²) >= 11 is 0. The molecule has 2 aromatic carbocycles. The number of ether oxygens (including phenoxy) is 1. The van der Waals surface area contributed by atoms with Crippen molar-refractivity contribution in [1.29, 1.82) is 0 Å². The number of rotatable bonds is 6. The summed E-state index contributed by atoms with van der Waals surface area (Å²) in [7, 11) is 0. The van der Waals surface area contributed by atoms with Crippen LogP contribution in [-0.2, 0) is 4.79 Å². The lowest BCUT2D eigenvalue weighted by Gasteiger charge is -2.13. The third-order valence-electron chi connectivity index (χ3n) is 4.88. The summed E-state index contributed by atoms with van der Waals surface area (Å²) in [4.78, 5) is 17.2. The zero-order valence-electron chi connectivity index (χ0n) is 17.0. The summed E-state index contributed by atoms with van der Waals surface area (Å²) in [5, 5.41) is 7.10. The van der Waals surface area contributed by atoms with E-state index in [9.17, 15) is 18.0 Å². The molecule has 0 spiro atoms. The van der Waals surface area contributed by atoms with Crippen LogP contribution in [0, 0.1) is 0 Å². The van der Waals surface area contributed by atoms with Crippen molar-refractivity contribution < 1.29 is 22.7 Å². The van der Waals surface area contributed by atoms with Gasteiger partial charge in [0, 0.05) is 5.56 Å². The summed E-state index contributed by atoms with van der Waals surface area (Å²) in [6, 6.07) is 20.1. The van der Waals surface area contributed by atoms with Crippen molar-refractivity contribution in [3.05, 3.63) is 78.4 Å². The van der Waals surface area contributed by atoms with E-state index in [0.717, 1.165) is 5.56 Å². The first-order valence-electron chi connectivity index (χ1n) is 9.92. The zero-order chi connectivity index (χ0) is 22.7. The molecule has 0 saturated carbocycles. The van der Waals surface area contributed by atoms with E-state index in [1.807, 2.05) is 37.3 Å². The Morgan fingerprint density at radius 3 is 2.53 bits per heavy atom. The van der Waals surface area contributed by atoms with Crippen molar-refractivity contribution in [3.63, 3.8) is 0 Å². The Labute approximate surface area is 181 Å². The van der Waals surface area contributed by atoms with Crippen LogP contribution in [0.5, 0.6) is 5.75 Å². The summed E-state index contributed by atoms with van der Waals surface area (Å²) < 4.78 is 43.2. The van der Waals surface area contributed by atoms with Gasteiger partial charge < -0.3 is 4.74 Å². The van der Waals surface area contributed by atoms with Gasteiger partial charge in [-0.2, -0.15) is 4.98 Å². The molecule has 1 N–H and O–H groups in total. The van der Waals surface area contributed by atoms with E-state index in [1.165, 1.54) is 22.7 Å². The standard InChI is InChI=1S/C23H19F3N4O2/c1-2-18(15-8-4-3-5-9-15)21(31)28-22-27-20-13-7-12-19(30(20)29-22)16-10-6-11-17(14-16)32-23(24,25)26/h3-14,18H,2H2,1H3,(H,28,29,31). The van der Waals surface area contributed by atoms with Crippen molar-refractivity contribution in [2.24, 2.45) is 0 Å². The minimum absolute atomic E-state index is 0.111. The third kappa shape index (κ3) is 4.72. The van der Waals surface area contributed by atoms with E-state index in [-0.39, 0.29) is 23.5 Å². The Bertz CT molecular complexity index is 1240. The van der Waals surface area contributed by atoms with Crippen molar-refractivity contribution >= 4 is 17.5 Å². The summed E-state index contributed by atoms with van der Waals surface area (Å²) in [6.45, 7) is 1.92. The second-order valence-corrected chi connectivity index (χ2v) is 7.05. The largest absolute Gasteiger partial charge is 0.573 e. The maximum atomic E-state index is 12.8. The average Bonchev–Trinajstić information content (AvgIpc) is 3.16. The van der Waals surface area contributed by atoms with Gasteiger partial charge in [0.05, 0.1) is 11.6 Å². The van der Waals surface area contributed by atoms with E-state index in [4.69, 9.17) is 0 Å². The predicted molar refractivity (Wildman–Crippen MR) is 113 cm³/mol. The van der Waals surface area contributed by atoms with Gasteiger partial charge in [-0.3, -0.25) is 10.1 Å². The molecule has 2 aromatic heterocycles. The molecule has 6 nitrogen and oxygen atoms in total. The minimum Gasteiger partial charge on any atom is -0.406 e. The average molecular weight is 440 g/mol. The lowest BCUT2D eigenvalue weighted by Crippen LogP contribution is -2.21. The molecule has 0 aliphatic carbocycles. The molecule has 0 aliphatic heterocycles. The fraction of sp³-hybridized carbons (Fsp3) is 0.174. The van der Waals surface area contributed by atoms with E-state index in [0.29, 0.717) is 23.3 Å². The summed E-state index contributed by atoms with van der Waals surface area (Å²) in [6.07, 6.45) is -4.19.